The van der Waals surface area contributed by atoms with Gasteiger partial charge in [-0.15, -0.1) is 0 Å². The Morgan fingerprint density at radius 1 is 1.27 bits per heavy atom. The lowest BCUT2D eigenvalue weighted by Crippen LogP contribution is -2.37. The molecule has 0 atom stereocenters. The number of carbonyl (C=O) groups excluding carboxylic acids is 1. The molecule has 1 aliphatic heterocycles. The van der Waals surface area contributed by atoms with Gasteiger partial charge in [0.2, 0.25) is 5.91 Å². The highest BCUT2D eigenvalue weighted by Crippen LogP contribution is 2.23. The van der Waals surface area contributed by atoms with E-state index in [0.717, 1.165) is 43.7 Å². The summed E-state index contributed by atoms with van der Waals surface area (Å²) in [5, 5.41) is 4.20. The Hall–Kier alpha value is -2.17. The van der Waals surface area contributed by atoms with Crippen LogP contribution in [0.15, 0.2) is 30.6 Å². The summed E-state index contributed by atoms with van der Waals surface area (Å²) in [6, 6.07) is 6.24. The maximum Gasteiger partial charge on any atom is 0.219 e. The molecule has 3 rings (SSSR count). The van der Waals surface area contributed by atoms with Crippen molar-refractivity contribution in [2.75, 3.05) is 13.1 Å². The number of hydrogen-bond acceptors (Lipinski definition) is 3. The van der Waals surface area contributed by atoms with Crippen LogP contribution in [0.1, 0.15) is 25.3 Å². The maximum atomic E-state index is 11.4. The first-order chi connectivity index (χ1) is 10.6. The van der Waals surface area contributed by atoms with Crippen LogP contribution in [0.2, 0.25) is 0 Å². The molecule has 0 N–H and O–H groups in total. The Kier molecular flexibility index (Phi) is 4.22. The van der Waals surface area contributed by atoms with Crippen LogP contribution in [0, 0.1) is 5.92 Å². The van der Waals surface area contributed by atoms with Crippen molar-refractivity contribution in [3.05, 3.63) is 36.2 Å². The quantitative estimate of drug-likeness (QED) is 0.873. The number of aromatic nitrogens is 3. The summed E-state index contributed by atoms with van der Waals surface area (Å²) in [5.74, 6) is 0.846. The minimum atomic E-state index is 0.195. The van der Waals surface area contributed by atoms with Crippen LogP contribution in [0.3, 0.4) is 0 Å². The monoisotopic (exact) mass is 298 g/mol. The van der Waals surface area contributed by atoms with Gasteiger partial charge in [0, 0.05) is 39.5 Å². The highest BCUT2D eigenvalue weighted by molar-refractivity contribution is 5.73. The van der Waals surface area contributed by atoms with E-state index in [1.54, 1.807) is 13.1 Å². The van der Waals surface area contributed by atoms with Crippen molar-refractivity contribution in [1.29, 1.82) is 0 Å². The first kappa shape index (κ1) is 14.8. The van der Waals surface area contributed by atoms with E-state index in [-0.39, 0.29) is 5.91 Å². The Morgan fingerprint density at radius 2 is 2.05 bits per heavy atom. The second kappa shape index (κ2) is 6.30. The average molecular weight is 298 g/mol. The van der Waals surface area contributed by atoms with Gasteiger partial charge in [0.25, 0.3) is 0 Å². The third kappa shape index (κ3) is 3.18. The lowest BCUT2D eigenvalue weighted by molar-refractivity contribution is -0.130. The zero-order valence-electron chi connectivity index (χ0n) is 13.2. The van der Waals surface area contributed by atoms with Crippen LogP contribution in [0.4, 0.5) is 0 Å². The number of pyridine rings is 1. The van der Waals surface area contributed by atoms with Crippen molar-refractivity contribution in [3.63, 3.8) is 0 Å². The molecule has 0 bridgehead atoms. The average Bonchev–Trinajstić information content (AvgIpc) is 2.94. The predicted octanol–water partition coefficient (Wildman–Crippen LogP) is 2.28. The summed E-state index contributed by atoms with van der Waals surface area (Å²) in [5.41, 5.74) is 3.32. The fourth-order valence-corrected chi connectivity index (χ4v) is 3.15. The van der Waals surface area contributed by atoms with E-state index in [4.69, 9.17) is 0 Å². The number of amides is 1. The van der Waals surface area contributed by atoms with Crippen molar-refractivity contribution in [2.24, 2.45) is 13.0 Å². The number of nitrogens with zero attached hydrogens (tertiary/aromatic N) is 4. The van der Waals surface area contributed by atoms with Gasteiger partial charge in [-0.05, 0) is 48.9 Å². The molecule has 2 aromatic heterocycles. The Balaban J connectivity index is 1.67. The smallest absolute Gasteiger partial charge is 0.219 e. The number of rotatable bonds is 3. The normalized spacial score (nSPS) is 16.0. The summed E-state index contributed by atoms with van der Waals surface area (Å²) in [6.45, 7) is 3.43. The van der Waals surface area contributed by atoms with E-state index in [0.29, 0.717) is 5.92 Å². The van der Waals surface area contributed by atoms with Gasteiger partial charge in [-0.3, -0.25) is 14.5 Å². The van der Waals surface area contributed by atoms with Gasteiger partial charge in [0.1, 0.15) is 0 Å². The molecular weight excluding hydrogens is 276 g/mol. The molecular formula is C17H22N4O. The minimum absolute atomic E-state index is 0.195. The second-order valence-corrected chi connectivity index (χ2v) is 6.04. The molecule has 5 nitrogen and oxygen atoms in total. The highest BCUT2D eigenvalue weighted by atomic mass is 16.2. The lowest BCUT2D eigenvalue weighted by Gasteiger charge is -2.31. The van der Waals surface area contributed by atoms with E-state index in [1.165, 1.54) is 5.56 Å². The first-order valence-corrected chi connectivity index (χ1v) is 7.82. The van der Waals surface area contributed by atoms with Crippen LogP contribution < -0.4 is 0 Å². The molecule has 3 heterocycles. The Bertz CT molecular complexity index is 656. The summed E-state index contributed by atoms with van der Waals surface area (Å²) in [4.78, 5) is 17.8. The molecule has 2 aromatic rings. The van der Waals surface area contributed by atoms with Crippen LogP contribution >= 0.6 is 0 Å². The van der Waals surface area contributed by atoms with Gasteiger partial charge in [0.05, 0.1) is 11.4 Å². The zero-order chi connectivity index (χ0) is 15.5. The predicted molar refractivity (Wildman–Crippen MR) is 85.1 cm³/mol. The molecule has 1 saturated heterocycles. The van der Waals surface area contributed by atoms with Crippen LogP contribution in [0.25, 0.3) is 11.4 Å². The Morgan fingerprint density at radius 3 is 2.68 bits per heavy atom. The molecule has 0 radical (unpaired) electrons. The number of aryl methyl sites for hydroxylation is 1. The van der Waals surface area contributed by atoms with Gasteiger partial charge in [-0.1, -0.05) is 0 Å². The lowest BCUT2D eigenvalue weighted by atomic mass is 9.90. The SMILES string of the molecule is CC(=O)N1CCC(Cc2ccnc(-c3ccnn3C)c2)CC1. The van der Waals surface area contributed by atoms with Crippen molar-refractivity contribution in [2.45, 2.75) is 26.2 Å². The fraction of sp³-hybridized carbons (Fsp3) is 0.471. The van der Waals surface area contributed by atoms with Crippen molar-refractivity contribution in [1.82, 2.24) is 19.7 Å². The number of carbonyl (C=O) groups is 1. The number of piperidine rings is 1. The van der Waals surface area contributed by atoms with Gasteiger partial charge in [-0.2, -0.15) is 5.10 Å². The zero-order valence-corrected chi connectivity index (χ0v) is 13.2. The number of hydrogen-bond donors (Lipinski definition) is 0. The standard InChI is InChI=1S/C17H22N4O/c1-13(22)21-9-5-14(6-10-21)11-15-3-7-18-16(12-15)17-4-8-19-20(17)2/h3-4,7-8,12,14H,5-6,9-11H2,1-2H3. The van der Waals surface area contributed by atoms with Crippen molar-refractivity contribution >= 4 is 5.91 Å². The first-order valence-electron chi connectivity index (χ1n) is 7.82. The molecule has 0 aliphatic carbocycles. The fourth-order valence-electron chi connectivity index (χ4n) is 3.15. The van der Waals surface area contributed by atoms with E-state index < -0.39 is 0 Å². The van der Waals surface area contributed by atoms with Gasteiger partial charge in [0.15, 0.2) is 0 Å². The summed E-state index contributed by atoms with van der Waals surface area (Å²) in [7, 11) is 1.93. The highest BCUT2D eigenvalue weighted by Gasteiger charge is 2.21. The van der Waals surface area contributed by atoms with E-state index in [2.05, 4.69) is 22.2 Å². The third-order valence-corrected chi connectivity index (χ3v) is 4.49. The molecule has 0 spiro atoms. The molecule has 1 aliphatic rings. The molecule has 1 fully saturated rings. The van der Waals surface area contributed by atoms with Gasteiger partial charge >= 0.3 is 0 Å². The van der Waals surface area contributed by atoms with Crippen LogP contribution in [-0.2, 0) is 18.3 Å². The molecule has 1 amide bonds. The van der Waals surface area contributed by atoms with Crippen LogP contribution in [0.5, 0.6) is 0 Å². The molecule has 0 aromatic carbocycles. The molecule has 0 saturated carbocycles. The Labute approximate surface area is 131 Å². The topological polar surface area (TPSA) is 51.0 Å². The van der Waals surface area contributed by atoms with E-state index in [9.17, 15) is 4.79 Å². The molecule has 116 valence electrons. The summed E-state index contributed by atoms with van der Waals surface area (Å²) in [6.07, 6.45) is 6.90. The maximum absolute atomic E-state index is 11.4. The number of likely N-dealkylation sites (tertiary alicyclic amines) is 1. The molecule has 5 heteroatoms. The largest absolute Gasteiger partial charge is 0.343 e. The summed E-state index contributed by atoms with van der Waals surface area (Å²) >= 11 is 0. The molecule has 22 heavy (non-hydrogen) atoms. The molecule has 0 unspecified atom stereocenters. The second-order valence-electron chi connectivity index (χ2n) is 6.04. The van der Waals surface area contributed by atoms with Crippen molar-refractivity contribution < 1.29 is 4.79 Å². The van der Waals surface area contributed by atoms with Gasteiger partial charge in [-0.25, -0.2) is 0 Å². The minimum Gasteiger partial charge on any atom is -0.343 e. The van der Waals surface area contributed by atoms with Crippen molar-refractivity contribution in [3.8, 4) is 11.4 Å². The summed E-state index contributed by atoms with van der Waals surface area (Å²) < 4.78 is 1.84. The van der Waals surface area contributed by atoms with Gasteiger partial charge < -0.3 is 4.90 Å². The third-order valence-electron chi connectivity index (χ3n) is 4.49. The van der Waals surface area contributed by atoms with E-state index in [1.807, 2.05) is 28.9 Å². The van der Waals surface area contributed by atoms with E-state index >= 15 is 0 Å². The van der Waals surface area contributed by atoms with Crippen LogP contribution in [-0.4, -0.2) is 38.7 Å².